The van der Waals surface area contributed by atoms with Gasteiger partial charge in [0.1, 0.15) is 6.04 Å². The Morgan fingerprint density at radius 2 is 2.00 bits per heavy atom. The number of benzene rings is 1. The number of carbonyl (C=O) groups excluding carboxylic acids is 1. The first kappa shape index (κ1) is 15.7. The molecule has 2 rings (SSSR count). The van der Waals surface area contributed by atoms with Crippen LogP contribution in [-0.4, -0.2) is 30.0 Å². The van der Waals surface area contributed by atoms with Gasteiger partial charge in [0.2, 0.25) is 0 Å². The Morgan fingerprint density at radius 1 is 1.29 bits per heavy atom. The molecular formula is C16H17BrN2O2. The second-order valence-corrected chi connectivity index (χ2v) is 5.63. The molecule has 0 saturated carbocycles. The van der Waals surface area contributed by atoms with Crippen molar-refractivity contribution in [2.45, 2.75) is 12.6 Å². The highest BCUT2D eigenvalue weighted by atomic mass is 79.9. The van der Waals surface area contributed by atoms with Crippen LogP contribution in [0.2, 0.25) is 0 Å². The molecule has 1 aromatic heterocycles. The fraction of sp³-hybridized carbons (Fsp3) is 0.250. The highest BCUT2D eigenvalue weighted by Crippen LogP contribution is 2.24. The van der Waals surface area contributed by atoms with E-state index in [0.29, 0.717) is 6.54 Å². The minimum absolute atomic E-state index is 0.282. The van der Waals surface area contributed by atoms with Gasteiger partial charge >= 0.3 is 5.97 Å². The number of pyridine rings is 1. The second-order valence-electron chi connectivity index (χ2n) is 4.71. The van der Waals surface area contributed by atoms with E-state index in [0.717, 1.165) is 15.7 Å². The van der Waals surface area contributed by atoms with Gasteiger partial charge in [-0.15, -0.1) is 0 Å². The third-order valence-electron chi connectivity index (χ3n) is 3.19. The third kappa shape index (κ3) is 4.12. The van der Waals surface area contributed by atoms with Gasteiger partial charge in [0.25, 0.3) is 0 Å². The molecule has 0 amide bonds. The topological polar surface area (TPSA) is 42.4 Å². The number of nitrogens with zero attached hydrogens (tertiary/aromatic N) is 2. The molecule has 2 aromatic rings. The van der Waals surface area contributed by atoms with E-state index in [9.17, 15) is 4.79 Å². The van der Waals surface area contributed by atoms with Crippen molar-refractivity contribution in [3.8, 4) is 0 Å². The predicted octanol–water partition coefficient (Wildman–Crippen LogP) is 3.19. The summed E-state index contributed by atoms with van der Waals surface area (Å²) in [4.78, 5) is 18.4. The van der Waals surface area contributed by atoms with Gasteiger partial charge in [0, 0.05) is 17.2 Å². The number of esters is 1. The lowest BCUT2D eigenvalue weighted by atomic mass is 10.1. The first-order valence-corrected chi connectivity index (χ1v) is 7.34. The number of aromatic nitrogens is 1. The highest BCUT2D eigenvalue weighted by Gasteiger charge is 2.26. The van der Waals surface area contributed by atoms with Crippen LogP contribution in [0.3, 0.4) is 0 Å². The summed E-state index contributed by atoms with van der Waals surface area (Å²) in [5.41, 5.74) is 1.80. The molecule has 0 aliphatic heterocycles. The molecular weight excluding hydrogens is 332 g/mol. The molecule has 0 spiro atoms. The van der Waals surface area contributed by atoms with E-state index in [4.69, 9.17) is 4.74 Å². The maximum Gasteiger partial charge on any atom is 0.327 e. The minimum Gasteiger partial charge on any atom is -0.468 e. The van der Waals surface area contributed by atoms with Gasteiger partial charge in [0.05, 0.1) is 12.8 Å². The van der Waals surface area contributed by atoms with Crippen LogP contribution in [0.25, 0.3) is 0 Å². The molecule has 21 heavy (non-hydrogen) atoms. The first-order valence-electron chi connectivity index (χ1n) is 6.55. The quantitative estimate of drug-likeness (QED) is 0.778. The molecule has 0 bridgehead atoms. The lowest BCUT2D eigenvalue weighted by molar-refractivity contribution is -0.147. The number of halogens is 1. The molecule has 1 heterocycles. The molecule has 0 radical (unpaired) electrons. The van der Waals surface area contributed by atoms with E-state index < -0.39 is 6.04 Å². The lowest BCUT2D eigenvalue weighted by Gasteiger charge is -2.26. The van der Waals surface area contributed by atoms with E-state index >= 15 is 0 Å². The van der Waals surface area contributed by atoms with E-state index in [2.05, 4.69) is 20.9 Å². The molecule has 0 N–H and O–H groups in total. The molecule has 0 saturated heterocycles. The zero-order valence-electron chi connectivity index (χ0n) is 12.0. The molecule has 0 aliphatic carbocycles. The average Bonchev–Trinajstić information content (AvgIpc) is 2.50. The monoisotopic (exact) mass is 348 g/mol. The third-order valence-corrected chi connectivity index (χ3v) is 3.72. The Labute approximate surface area is 132 Å². The zero-order valence-corrected chi connectivity index (χ0v) is 13.6. The smallest absolute Gasteiger partial charge is 0.327 e. The maximum atomic E-state index is 12.1. The largest absolute Gasteiger partial charge is 0.468 e. The molecule has 0 aliphatic rings. The average molecular weight is 349 g/mol. The van der Waals surface area contributed by atoms with Gasteiger partial charge in [-0.2, -0.15) is 0 Å². The second kappa shape index (κ2) is 7.33. The van der Waals surface area contributed by atoms with Crippen molar-refractivity contribution in [2.24, 2.45) is 0 Å². The van der Waals surface area contributed by atoms with Crippen molar-refractivity contribution in [1.82, 2.24) is 9.88 Å². The zero-order chi connectivity index (χ0) is 15.2. The maximum absolute atomic E-state index is 12.1. The van der Waals surface area contributed by atoms with Crippen LogP contribution >= 0.6 is 15.9 Å². The molecule has 0 fully saturated rings. The summed E-state index contributed by atoms with van der Waals surface area (Å²) in [5.74, 6) is -0.282. The van der Waals surface area contributed by atoms with Crippen molar-refractivity contribution >= 4 is 21.9 Å². The lowest BCUT2D eigenvalue weighted by Crippen LogP contribution is -2.31. The number of hydrogen-bond acceptors (Lipinski definition) is 4. The predicted molar refractivity (Wildman–Crippen MR) is 84.6 cm³/mol. The molecule has 1 aromatic carbocycles. The molecule has 0 unspecified atom stereocenters. The van der Waals surface area contributed by atoms with Crippen LogP contribution in [0.15, 0.2) is 53.1 Å². The highest BCUT2D eigenvalue weighted by molar-refractivity contribution is 9.10. The first-order chi connectivity index (χ1) is 10.1. The summed E-state index contributed by atoms with van der Waals surface area (Å²) >= 11 is 3.40. The van der Waals surface area contributed by atoms with Crippen LogP contribution < -0.4 is 0 Å². The SMILES string of the molecule is COC(=O)[C@H](c1ccc(Br)cc1)N(C)Cc1ccccn1. The number of rotatable bonds is 5. The fourth-order valence-electron chi connectivity index (χ4n) is 2.17. The van der Waals surface area contributed by atoms with E-state index in [1.165, 1.54) is 7.11 Å². The Bertz CT molecular complexity index is 587. The molecule has 110 valence electrons. The Morgan fingerprint density at radius 3 is 2.57 bits per heavy atom. The van der Waals surface area contributed by atoms with Crippen molar-refractivity contribution in [3.63, 3.8) is 0 Å². The summed E-state index contributed by atoms with van der Waals surface area (Å²) in [6, 6.07) is 13.0. The standard InChI is InChI=1S/C16H17BrN2O2/c1-19(11-14-5-3-4-10-18-14)15(16(20)21-2)12-6-8-13(17)9-7-12/h3-10,15H,11H2,1-2H3/t15-/m0/s1. The minimum atomic E-state index is -0.454. The van der Waals surface area contributed by atoms with Crippen LogP contribution in [-0.2, 0) is 16.1 Å². The van der Waals surface area contributed by atoms with Gasteiger partial charge < -0.3 is 4.74 Å². The Balaban J connectivity index is 2.23. The Hall–Kier alpha value is -1.72. The number of hydrogen-bond donors (Lipinski definition) is 0. The summed E-state index contributed by atoms with van der Waals surface area (Å²) in [6.45, 7) is 0.566. The van der Waals surface area contributed by atoms with Crippen LogP contribution in [0.5, 0.6) is 0 Å². The van der Waals surface area contributed by atoms with Gasteiger partial charge in [-0.25, -0.2) is 4.79 Å². The van der Waals surface area contributed by atoms with Crippen LogP contribution in [0.4, 0.5) is 0 Å². The number of carbonyl (C=O) groups is 1. The van der Waals surface area contributed by atoms with Crippen molar-refractivity contribution in [2.75, 3.05) is 14.2 Å². The molecule has 1 atom stereocenters. The molecule has 5 heteroatoms. The van der Waals surface area contributed by atoms with Gasteiger partial charge in [-0.1, -0.05) is 34.1 Å². The normalized spacial score (nSPS) is 12.2. The van der Waals surface area contributed by atoms with Crippen LogP contribution in [0.1, 0.15) is 17.3 Å². The Kier molecular flexibility index (Phi) is 5.47. The van der Waals surface area contributed by atoms with Gasteiger partial charge in [-0.05, 0) is 36.9 Å². The molecule has 4 nitrogen and oxygen atoms in total. The number of ether oxygens (including phenoxy) is 1. The van der Waals surface area contributed by atoms with Crippen molar-refractivity contribution in [3.05, 3.63) is 64.4 Å². The number of likely N-dealkylation sites (N-methyl/N-ethyl adjacent to an activating group) is 1. The summed E-state index contributed by atoms with van der Waals surface area (Å²) in [6.07, 6.45) is 1.75. The van der Waals surface area contributed by atoms with E-state index in [1.807, 2.05) is 54.4 Å². The number of methoxy groups -OCH3 is 1. The van der Waals surface area contributed by atoms with E-state index in [-0.39, 0.29) is 5.97 Å². The fourth-order valence-corrected chi connectivity index (χ4v) is 2.43. The van der Waals surface area contributed by atoms with Crippen LogP contribution in [0, 0.1) is 0 Å². The van der Waals surface area contributed by atoms with Crippen molar-refractivity contribution < 1.29 is 9.53 Å². The van der Waals surface area contributed by atoms with Gasteiger partial charge in [0.15, 0.2) is 0 Å². The summed E-state index contributed by atoms with van der Waals surface area (Å²) in [7, 11) is 3.29. The summed E-state index contributed by atoms with van der Waals surface area (Å²) in [5, 5.41) is 0. The van der Waals surface area contributed by atoms with Crippen molar-refractivity contribution in [1.29, 1.82) is 0 Å². The van der Waals surface area contributed by atoms with Gasteiger partial charge in [-0.3, -0.25) is 9.88 Å². The van der Waals surface area contributed by atoms with E-state index in [1.54, 1.807) is 6.20 Å². The summed E-state index contributed by atoms with van der Waals surface area (Å²) < 4.78 is 5.92.